The van der Waals surface area contributed by atoms with E-state index in [1.807, 2.05) is 30.3 Å². The first-order valence-corrected chi connectivity index (χ1v) is 3.95. The van der Waals surface area contributed by atoms with Crippen molar-refractivity contribution in [2.24, 2.45) is 0 Å². The van der Waals surface area contributed by atoms with Crippen LogP contribution in [-0.2, 0) is 6.42 Å². The van der Waals surface area contributed by atoms with Crippen molar-refractivity contribution >= 4 is 5.78 Å². The van der Waals surface area contributed by atoms with Crippen LogP contribution < -0.4 is 0 Å². The molecule has 0 atom stereocenters. The number of hydrogen-bond acceptors (Lipinski definition) is 1. The van der Waals surface area contributed by atoms with Crippen LogP contribution in [0.3, 0.4) is 0 Å². The quantitative estimate of drug-likeness (QED) is 0.490. The summed E-state index contributed by atoms with van der Waals surface area (Å²) in [5.74, 6) is 0.118. The highest BCUT2D eigenvalue weighted by atomic mass is 16.1. The Hall–Kier alpha value is -1.37. The summed E-state index contributed by atoms with van der Waals surface area (Å²) in [7, 11) is 0. The van der Waals surface area contributed by atoms with Crippen molar-refractivity contribution in [2.75, 3.05) is 0 Å². The molecule has 62 valence electrons. The average Bonchev–Trinajstić information content (AvgIpc) is 2.05. The van der Waals surface area contributed by atoms with Crippen molar-refractivity contribution in [1.29, 1.82) is 0 Å². The maximum atomic E-state index is 11.1. The SMILES string of the molecule is C=CCc1ccccc1C(C)=O. The number of ketones is 1. The van der Waals surface area contributed by atoms with Gasteiger partial charge in [0.2, 0.25) is 0 Å². The molecule has 0 N–H and O–H groups in total. The van der Waals surface area contributed by atoms with Gasteiger partial charge in [0.05, 0.1) is 0 Å². The summed E-state index contributed by atoms with van der Waals surface area (Å²) in [5, 5.41) is 0. The molecule has 1 heteroatoms. The lowest BCUT2D eigenvalue weighted by Crippen LogP contribution is -1.97. The summed E-state index contributed by atoms with van der Waals surface area (Å²) in [5.41, 5.74) is 1.86. The van der Waals surface area contributed by atoms with E-state index in [9.17, 15) is 4.79 Å². The lowest BCUT2D eigenvalue weighted by molar-refractivity contribution is 0.101. The average molecular weight is 160 g/mol. The van der Waals surface area contributed by atoms with Gasteiger partial charge in [-0.1, -0.05) is 30.3 Å². The molecule has 0 saturated heterocycles. The normalized spacial score (nSPS) is 9.42. The molecule has 0 amide bonds. The number of carbonyl (C=O) groups is 1. The summed E-state index contributed by atoms with van der Waals surface area (Å²) in [6, 6.07) is 7.62. The lowest BCUT2D eigenvalue weighted by atomic mass is 10.0. The number of allylic oxidation sites excluding steroid dienone is 1. The molecular formula is C11H12O. The molecule has 0 unspecified atom stereocenters. The summed E-state index contributed by atoms with van der Waals surface area (Å²) in [6.07, 6.45) is 2.57. The summed E-state index contributed by atoms with van der Waals surface area (Å²) in [4.78, 5) is 11.1. The molecule has 1 aromatic carbocycles. The minimum absolute atomic E-state index is 0.118. The summed E-state index contributed by atoms with van der Waals surface area (Å²) >= 11 is 0. The largest absolute Gasteiger partial charge is 0.295 e. The fourth-order valence-corrected chi connectivity index (χ4v) is 1.20. The van der Waals surface area contributed by atoms with E-state index in [1.165, 1.54) is 0 Å². The van der Waals surface area contributed by atoms with Crippen LogP contribution in [0.2, 0.25) is 0 Å². The monoisotopic (exact) mass is 160 g/mol. The second-order valence-electron chi connectivity index (χ2n) is 2.71. The van der Waals surface area contributed by atoms with Crippen molar-refractivity contribution in [3.8, 4) is 0 Å². The lowest BCUT2D eigenvalue weighted by Gasteiger charge is -2.02. The van der Waals surface area contributed by atoms with Gasteiger partial charge in [-0.2, -0.15) is 0 Å². The first-order chi connectivity index (χ1) is 5.75. The van der Waals surface area contributed by atoms with Gasteiger partial charge < -0.3 is 0 Å². The van der Waals surface area contributed by atoms with E-state index in [-0.39, 0.29) is 5.78 Å². The Bertz CT molecular complexity index is 300. The van der Waals surface area contributed by atoms with Crippen LogP contribution in [0.5, 0.6) is 0 Å². The Morgan fingerprint density at radius 1 is 1.50 bits per heavy atom. The molecule has 0 bridgehead atoms. The zero-order chi connectivity index (χ0) is 8.97. The molecule has 0 aliphatic carbocycles. The summed E-state index contributed by atoms with van der Waals surface area (Å²) in [6.45, 7) is 5.23. The van der Waals surface area contributed by atoms with Crippen LogP contribution in [-0.4, -0.2) is 5.78 Å². The van der Waals surface area contributed by atoms with E-state index in [0.717, 1.165) is 17.5 Å². The van der Waals surface area contributed by atoms with Crippen molar-refractivity contribution < 1.29 is 4.79 Å². The molecule has 1 rings (SSSR count). The van der Waals surface area contributed by atoms with E-state index in [1.54, 1.807) is 6.92 Å². The van der Waals surface area contributed by atoms with Gasteiger partial charge >= 0.3 is 0 Å². The molecule has 0 aromatic heterocycles. The Kier molecular flexibility index (Phi) is 2.81. The van der Waals surface area contributed by atoms with Crippen LogP contribution >= 0.6 is 0 Å². The zero-order valence-electron chi connectivity index (χ0n) is 7.21. The highest BCUT2D eigenvalue weighted by Crippen LogP contribution is 2.10. The molecule has 0 aliphatic rings. The van der Waals surface area contributed by atoms with Crippen molar-refractivity contribution in [1.82, 2.24) is 0 Å². The maximum Gasteiger partial charge on any atom is 0.160 e. The Morgan fingerprint density at radius 2 is 2.17 bits per heavy atom. The number of rotatable bonds is 3. The van der Waals surface area contributed by atoms with E-state index in [2.05, 4.69) is 6.58 Å². The van der Waals surface area contributed by atoms with Crippen molar-refractivity contribution in [3.05, 3.63) is 48.0 Å². The van der Waals surface area contributed by atoms with Crippen molar-refractivity contribution in [2.45, 2.75) is 13.3 Å². The molecule has 1 aromatic rings. The van der Waals surface area contributed by atoms with Gasteiger partial charge in [0.15, 0.2) is 5.78 Å². The first-order valence-electron chi connectivity index (χ1n) is 3.95. The maximum absolute atomic E-state index is 11.1. The van der Waals surface area contributed by atoms with Gasteiger partial charge in [-0.25, -0.2) is 0 Å². The van der Waals surface area contributed by atoms with Crippen LogP contribution in [0.15, 0.2) is 36.9 Å². The van der Waals surface area contributed by atoms with Crippen molar-refractivity contribution in [3.63, 3.8) is 0 Å². The fraction of sp³-hybridized carbons (Fsp3) is 0.182. The molecule has 1 nitrogen and oxygen atoms in total. The number of Topliss-reactive ketones (excluding diaryl/α,β-unsaturated/α-hetero) is 1. The van der Waals surface area contributed by atoms with Gasteiger partial charge in [0, 0.05) is 5.56 Å². The smallest absolute Gasteiger partial charge is 0.160 e. The number of hydrogen-bond donors (Lipinski definition) is 0. The van der Waals surface area contributed by atoms with E-state index in [0.29, 0.717) is 0 Å². The van der Waals surface area contributed by atoms with E-state index < -0.39 is 0 Å². The van der Waals surface area contributed by atoms with Crippen LogP contribution in [0.25, 0.3) is 0 Å². The number of benzene rings is 1. The predicted octanol–water partition coefficient (Wildman–Crippen LogP) is 2.62. The van der Waals surface area contributed by atoms with E-state index in [4.69, 9.17) is 0 Å². The fourth-order valence-electron chi connectivity index (χ4n) is 1.20. The van der Waals surface area contributed by atoms with Gasteiger partial charge in [0.1, 0.15) is 0 Å². The Morgan fingerprint density at radius 3 is 2.75 bits per heavy atom. The second-order valence-corrected chi connectivity index (χ2v) is 2.71. The third-order valence-electron chi connectivity index (χ3n) is 1.76. The molecule has 12 heavy (non-hydrogen) atoms. The van der Waals surface area contributed by atoms with Crippen LogP contribution in [0, 0.1) is 0 Å². The first kappa shape index (κ1) is 8.72. The van der Waals surface area contributed by atoms with Gasteiger partial charge in [-0.15, -0.1) is 6.58 Å². The second kappa shape index (κ2) is 3.86. The highest BCUT2D eigenvalue weighted by molar-refractivity contribution is 5.95. The minimum Gasteiger partial charge on any atom is -0.295 e. The van der Waals surface area contributed by atoms with Crippen LogP contribution in [0.1, 0.15) is 22.8 Å². The third kappa shape index (κ3) is 1.82. The minimum atomic E-state index is 0.118. The Labute approximate surface area is 72.7 Å². The molecule has 0 saturated carbocycles. The number of carbonyl (C=O) groups excluding carboxylic acids is 1. The molecule has 0 aliphatic heterocycles. The summed E-state index contributed by atoms with van der Waals surface area (Å²) < 4.78 is 0. The molecule has 0 spiro atoms. The van der Waals surface area contributed by atoms with E-state index >= 15 is 0 Å². The van der Waals surface area contributed by atoms with Crippen LogP contribution in [0.4, 0.5) is 0 Å². The molecule has 0 heterocycles. The third-order valence-corrected chi connectivity index (χ3v) is 1.76. The van der Waals surface area contributed by atoms with Gasteiger partial charge in [-0.05, 0) is 18.9 Å². The topological polar surface area (TPSA) is 17.1 Å². The highest BCUT2D eigenvalue weighted by Gasteiger charge is 2.03. The predicted molar refractivity (Wildman–Crippen MR) is 50.3 cm³/mol. The van der Waals surface area contributed by atoms with Gasteiger partial charge in [-0.3, -0.25) is 4.79 Å². The van der Waals surface area contributed by atoms with Gasteiger partial charge in [0.25, 0.3) is 0 Å². The molecule has 0 fully saturated rings. The zero-order valence-corrected chi connectivity index (χ0v) is 7.21. The Balaban J connectivity index is 3.07. The molecular weight excluding hydrogens is 148 g/mol. The molecule has 0 radical (unpaired) electrons. The standard InChI is InChI=1S/C11H12O/c1-3-6-10-7-4-5-8-11(10)9(2)12/h3-5,7-8H,1,6H2,2H3.